The van der Waals surface area contributed by atoms with Crippen LogP contribution >= 0.6 is 0 Å². The first-order valence-corrected chi connectivity index (χ1v) is 11.0. The number of hydrogen-bond acceptors (Lipinski definition) is 6. The van der Waals surface area contributed by atoms with Crippen molar-refractivity contribution in [1.82, 2.24) is 4.90 Å². The van der Waals surface area contributed by atoms with E-state index in [-0.39, 0.29) is 24.3 Å². The average molecular weight is 464 g/mol. The van der Waals surface area contributed by atoms with E-state index in [0.717, 1.165) is 4.90 Å². The normalized spacial score (nSPS) is 23.7. The number of nitrogens with zero attached hydrogens (tertiary/aromatic N) is 2. The van der Waals surface area contributed by atoms with E-state index in [1.54, 1.807) is 26.8 Å². The molecule has 0 aliphatic carbocycles. The molecule has 1 amide bonds. The first-order valence-electron chi connectivity index (χ1n) is 11.0. The monoisotopic (exact) mass is 464 g/mol. The van der Waals surface area contributed by atoms with Gasteiger partial charge in [-0.2, -0.15) is 5.26 Å². The Bertz CT molecular complexity index is 939. The molecule has 33 heavy (non-hydrogen) atoms. The summed E-state index contributed by atoms with van der Waals surface area (Å²) in [6, 6.07) is 6.66. The van der Waals surface area contributed by atoms with Gasteiger partial charge in [-0.05, 0) is 66.1 Å². The van der Waals surface area contributed by atoms with Gasteiger partial charge in [0.15, 0.2) is 6.10 Å². The highest BCUT2D eigenvalue weighted by Crippen LogP contribution is 2.37. The lowest BCUT2D eigenvalue weighted by Crippen LogP contribution is -2.56. The van der Waals surface area contributed by atoms with Crippen LogP contribution in [0, 0.1) is 11.3 Å². The predicted molar refractivity (Wildman–Crippen MR) is 119 cm³/mol. The van der Waals surface area contributed by atoms with Gasteiger partial charge in [-0.3, -0.25) is 0 Å². The van der Waals surface area contributed by atoms with E-state index in [4.69, 9.17) is 18.8 Å². The van der Waals surface area contributed by atoms with Crippen LogP contribution in [-0.4, -0.2) is 60.0 Å². The molecule has 0 N–H and O–H groups in total. The predicted octanol–water partition coefficient (Wildman–Crippen LogP) is 3.88. The van der Waals surface area contributed by atoms with Crippen LogP contribution in [0.1, 0.15) is 60.5 Å². The molecule has 10 heteroatoms. The molecule has 2 heterocycles. The van der Waals surface area contributed by atoms with Crippen molar-refractivity contribution in [2.75, 3.05) is 13.1 Å². The molecule has 1 aromatic rings. The molecule has 0 radical (unpaired) electrons. The molecule has 1 unspecified atom stereocenters. The number of nitriles is 1. The van der Waals surface area contributed by atoms with Crippen LogP contribution in [0.2, 0.25) is 0 Å². The Morgan fingerprint density at radius 3 is 2.33 bits per heavy atom. The number of alkyl halides is 2. The van der Waals surface area contributed by atoms with E-state index >= 15 is 0 Å². The fourth-order valence-corrected chi connectivity index (χ4v) is 3.56. The SMILES string of the molecule is CC(C)(C)OC(=O)N1CCC(Oc2ccc(B3OC(C)(C)C(C)(C)O3)cc2C#N)C(F)(F)C1. The number of carbonyl (C=O) groups is 1. The highest BCUT2D eigenvalue weighted by Gasteiger charge is 2.52. The molecule has 1 aromatic carbocycles. The summed E-state index contributed by atoms with van der Waals surface area (Å²) in [6.07, 6.45) is -2.37. The van der Waals surface area contributed by atoms with Crippen molar-refractivity contribution in [2.24, 2.45) is 0 Å². The molecule has 2 aliphatic rings. The van der Waals surface area contributed by atoms with Crippen LogP contribution in [-0.2, 0) is 14.0 Å². The Labute approximate surface area is 194 Å². The minimum absolute atomic E-state index is 0.0492. The van der Waals surface area contributed by atoms with Crippen LogP contribution in [0.3, 0.4) is 0 Å². The van der Waals surface area contributed by atoms with Crippen LogP contribution in [0.4, 0.5) is 13.6 Å². The largest absolute Gasteiger partial charge is 0.494 e. The lowest BCUT2D eigenvalue weighted by molar-refractivity contribution is -0.137. The number of piperidine rings is 1. The molecule has 180 valence electrons. The summed E-state index contributed by atoms with van der Waals surface area (Å²) in [7, 11) is -0.686. The second kappa shape index (κ2) is 8.44. The van der Waals surface area contributed by atoms with Gasteiger partial charge >= 0.3 is 19.1 Å². The minimum Gasteiger partial charge on any atom is -0.483 e. The Kier molecular flexibility index (Phi) is 6.46. The van der Waals surface area contributed by atoms with E-state index < -0.39 is 48.6 Å². The molecular formula is C23H31BF2N2O5. The quantitative estimate of drug-likeness (QED) is 0.632. The molecule has 2 saturated heterocycles. The maximum Gasteiger partial charge on any atom is 0.494 e. The van der Waals surface area contributed by atoms with Crippen molar-refractivity contribution in [3.05, 3.63) is 23.8 Å². The second-order valence-electron chi connectivity index (χ2n) is 10.5. The van der Waals surface area contributed by atoms with Crippen molar-refractivity contribution in [1.29, 1.82) is 5.26 Å². The molecule has 2 fully saturated rings. The fourth-order valence-electron chi connectivity index (χ4n) is 3.56. The van der Waals surface area contributed by atoms with Crippen LogP contribution in [0.15, 0.2) is 18.2 Å². The van der Waals surface area contributed by atoms with Gasteiger partial charge in [-0.15, -0.1) is 0 Å². The first-order chi connectivity index (χ1) is 15.0. The molecule has 0 saturated carbocycles. The van der Waals surface area contributed by atoms with E-state index in [2.05, 4.69) is 0 Å². The van der Waals surface area contributed by atoms with Gasteiger partial charge in [-0.25, -0.2) is 13.6 Å². The van der Waals surface area contributed by atoms with E-state index in [1.165, 1.54) is 12.1 Å². The Hall–Kier alpha value is -2.38. The van der Waals surface area contributed by atoms with Crippen molar-refractivity contribution >= 4 is 18.7 Å². The van der Waals surface area contributed by atoms with Gasteiger partial charge in [0.2, 0.25) is 0 Å². The van der Waals surface area contributed by atoms with Crippen molar-refractivity contribution < 1.29 is 32.4 Å². The molecule has 1 atom stereocenters. The number of rotatable bonds is 3. The van der Waals surface area contributed by atoms with Crippen molar-refractivity contribution in [2.45, 2.75) is 83.7 Å². The summed E-state index contributed by atoms with van der Waals surface area (Å²) in [5, 5.41) is 9.61. The Morgan fingerprint density at radius 1 is 1.21 bits per heavy atom. The summed E-state index contributed by atoms with van der Waals surface area (Å²) in [5.41, 5.74) is -1.18. The average Bonchev–Trinajstić information content (AvgIpc) is 2.89. The van der Waals surface area contributed by atoms with Crippen molar-refractivity contribution in [3.63, 3.8) is 0 Å². The standard InChI is InChI=1S/C23H31BF2N2O5/c1-20(2,3)31-19(29)28-11-10-18(23(25,26)14-28)30-17-9-8-16(12-15(17)13-27)24-32-21(4,5)22(6,7)33-24/h8-9,12,18H,10-11,14H2,1-7H3. The van der Waals surface area contributed by atoms with Crippen LogP contribution in [0.25, 0.3) is 0 Å². The number of amides is 1. The highest BCUT2D eigenvalue weighted by molar-refractivity contribution is 6.62. The Balaban J connectivity index is 1.72. The number of benzene rings is 1. The van der Waals surface area contributed by atoms with Gasteiger partial charge in [-0.1, -0.05) is 6.07 Å². The van der Waals surface area contributed by atoms with Gasteiger partial charge in [0.25, 0.3) is 0 Å². The summed E-state index contributed by atoms with van der Waals surface area (Å²) >= 11 is 0. The number of ether oxygens (including phenoxy) is 2. The topological polar surface area (TPSA) is 81.0 Å². The molecule has 0 bridgehead atoms. The van der Waals surface area contributed by atoms with Gasteiger partial charge in [0, 0.05) is 13.0 Å². The lowest BCUT2D eigenvalue weighted by atomic mass is 9.78. The maximum absolute atomic E-state index is 14.8. The number of hydrogen-bond donors (Lipinski definition) is 0. The second-order valence-corrected chi connectivity index (χ2v) is 10.5. The van der Waals surface area contributed by atoms with Gasteiger partial charge in [0.05, 0.1) is 23.3 Å². The summed E-state index contributed by atoms with van der Waals surface area (Å²) in [5.74, 6) is -3.26. The van der Waals surface area contributed by atoms with Crippen LogP contribution < -0.4 is 10.2 Å². The summed E-state index contributed by atoms with van der Waals surface area (Å²) in [4.78, 5) is 13.2. The molecule has 7 nitrogen and oxygen atoms in total. The highest BCUT2D eigenvalue weighted by atomic mass is 19.3. The summed E-state index contributed by atoms with van der Waals surface area (Å²) in [6.45, 7) is 11.9. The molecule has 2 aliphatic heterocycles. The molecule has 3 rings (SSSR count). The third-order valence-corrected chi connectivity index (χ3v) is 6.10. The third kappa shape index (κ3) is 5.41. The zero-order valence-electron chi connectivity index (χ0n) is 20.2. The van der Waals surface area contributed by atoms with E-state index in [0.29, 0.717) is 5.46 Å². The third-order valence-electron chi connectivity index (χ3n) is 6.10. The van der Waals surface area contributed by atoms with Crippen LogP contribution in [0.5, 0.6) is 5.75 Å². The maximum atomic E-state index is 14.8. The number of carbonyl (C=O) groups excluding carboxylic acids is 1. The number of halogens is 2. The van der Waals surface area contributed by atoms with E-state index in [9.17, 15) is 18.8 Å². The van der Waals surface area contributed by atoms with Crippen molar-refractivity contribution in [3.8, 4) is 11.8 Å². The molecular weight excluding hydrogens is 433 g/mol. The zero-order valence-corrected chi connectivity index (χ0v) is 20.2. The van der Waals surface area contributed by atoms with Gasteiger partial charge < -0.3 is 23.7 Å². The Morgan fingerprint density at radius 2 is 1.82 bits per heavy atom. The minimum atomic E-state index is -3.31. The summed E-state index contributed by atoms with van der Waals surface area (Å²) < 4.78 is 52.4. The molecule has 0 aromatic heterocycles. The van der Waals surface area contributed by atoms with E-state index in [1.807, 2.05) is 33.8 Å². The lowest BCUT2D eigenvalue weighted by Gasteiger charge is -2.38. The molecule has 0 spiro atoms. The first kappa shape index (κ1) is 25.3. The fraction of sp³-hybridized carbons (Fsp3) is 0.652. The van der Waals surface area contributed by atoms with Gasteiger partial charge in [0.1, 0.15) is 17.4 Å². The zero-order chi connectivity index (χ0) is 24.8. The number of likely N-dealkylation sites (tertiary alicyclic amines) is 1. The smallest absolute Gasteiger partial charge is 0.483 e.